The first kappa shape index (κ1) is 11.0. The first-order valence-electron chi connectivity index (χ1n) is 3.66. The van der Waals surface area contributed by atoms with E-state index in [1.807, 2.05) is 0 Å². The first-order chi connectivity index (χ1) is 6.50. The van der Waals surface area contributed by atoms with Crippen molar-refractivity contribution in [1.29, 1.82) is 0 Å². The van der Waals surface area contributed by atoms with E-state index in [-0.39, 0.29) is 16.6 Å². The molecule has 0 aromatic carbocycles. The number of hydrogen-bond donors (Lipinski definition) is 1. The number of alkyl halides is 2. The molecule has 0 amide bonds. The number of carbonyl (C=O) groups is 1. The predicted octanol–water partition coefficient (Wildman–Crippen LogP) is 2.41. The minimum absolute atomic E-state index is 0.121. The molecule has 0 bridgehead atoms. The molecule has 3 nitrogen and oxygen atoms in total. The number of aliphatic carboxylic acids is 1. The molecule has 1 aromatic rings. The van der Waals surface area contributed by atoms with E-state index in [0.29, 0.717) is 0 Å². The van der Waals surface area contributed by atoms with Crippen LogP contribution in [0.5, 0.6) is 0 Å². The average molecular weight is 266 g/mol. The molecule has 0 fully saturated rings. The molecule has 0 atom stereocenters. The van der Waals surface area contributed by atoms with E-state index >= 15 is 0 Å². The van der Waals surface area contributed by atoms with Crippen LogP contribution < -0.4 is 0 Å². The van der Waals surface area contributed by atoms with Gasteiger partial charge in [-0.25, -0.2) is 8.78 Å². The van der Waals surface area contributed by atoms with Gasteiger partial charge in [0.2, 0.25) is 0 Å². The van der Waals surface area contributed by atoms with Crippen molar-refractivity contribution in [1.82, 2.24) is 4.98 Å². The Balaban J connectivity index is 3.00. The molecule has 0 aliphatic heterocycles. The zero-order valence-corrected chi connectivity index (χ0v) is 8.46. The highest BCUT2D eigenvalue weighted by Crippen LogP contribution is 2.25. The van der Waals surface area contributed by atoms with E-state index in [9.17, 15) is 13.6 Å². The first-order valence-corrected chi connectivity index (χ1v) is 4.45. The number of hydrogen-bond acceptors (Lipinski definition) is 2. The van der Waals surface area contributed by atoms with Gasteiger partial charge in [0.05, 0.1) is 12.1 Å². The van der Waals surface area contributed by atoms with Crippen LogP contribution >= 0.6 is 15.9 Å². The SMILES string of the molecule is O=C(O)Cc1ccc(Br)c(C(F)F)n1. The molecule has 6 heteroatoms. The fraction of sp³-hybridized carbons (Fsp3) is 0.250. The van der Waals surface area contributed by atoms with Gasteiger partial charge in [-0.15, -0.1) is 0 Å². The van der Waals surface area contributed by atoms with Crippen LogP contribution in [0.4, 0.5) is 8.78 Å². The molecule has 1 aromatic heterocycles. The highest BCUT2D eigenvalue weighted by atomic mass is 79.9. The molecule has 1 rings (SSSR count). The van der Waals surface area contributed by atoms with Gasteiger partial charge in [0.15, 0.2) is 0 Å². The summed E-state index contributed by atoms with van der Waals surface area (Å²) in [7, 11) is 0. The lowest BCUT2D eigenvalue weighted by atomic mass is 10.2. The second-order valence-electron chi connectivity index (χ2n) is 2.54. The van der Waals surface area contributed by atoms with E-state index in [2.05, 4.69) is 20.9 Å². The van der Waals surface area contributed by atoms with Crippen LogP contribution in [-0.2, 0) is 11.2 Å². The maximum atomic E-state index is 12.3. The van der Waals surface area contributed by atoms with E-state index in [0.717, 1.165) is 0 Å². The molecule has 0 saturated heterocycles. The summed E-state index contributed by atoms with van der Waals surface area (Å²) in [6, 6.07) is 2.76. The molecule has 0 aliphatic carbocycles. The van der Waals surface area contributed by atoms with Crippen molar-refractivity contribution in [2.24, 2.45) is 0 Å². The summed E-state index contributed by atoms with van der Waals surface area (Å²) in [6.07, 6.45) is -3.06. The van der Waals surface area contributed by atoms with Gasteiger partial charge in [-0.3, -0.25) is 9.78 Å². The van der Waals surface area contributed by atoms with Gasteiger partial charge < -0.3 is 5.11 Å². The third-order valence-corrected chi connectivity index (χ3v) is 2.14. The van der Waals surface area contributed by atoms with Crippen LogP contribution in [0.1, 0.15) is 17.8 Å². The summed E-state index contributed by atoms with van der Waals surface area (Å²) in [5.74, 6) is -1.10. The monoisotopic (exact) mass is 265 g/mol. The molecule has 0 radical (unpaired) electrons. The molecular weight excluding hydrogens is 260 g/mol. The number of halogens is 3. The number of pyridine rings is 1. The van der Waals surface area contributed by atoms with Crippen LogP contribution in [0.2, 0.25) is 0 Å². The van der Waals surface area contributed by atoms with E-state index in [1.165, 1.54) is 12.1 Å². The van der Waals surface area contributed by atoms with Crippen molar-refractivity contribution < 1.29 is 18.7 Å². The Morgan fingerprint density at radius 2 is 2.21 bits per heavy atom. The highest BCUT2D eigenvalue weighted by Gasteiger charge is 2.14. The third kappa shape index (κ3) is 2.73. The van der Waals surface area contributed by atoms with E-state index < -0.39 is 18.1 Å². The molecule has 0 spiro atoms. The van der Waals surface area contributed by atoms with E-state index in [4.69, 9.17) is 5.11 Å². The molecule has 14 heavy (non-hydrogen) atoms. The molecule has 0 unspecified atom stereocenters. The lowest BCUT2D eigenvalue weighted by Crippen LogP contribution is -2.04. The fourth-order valence-electron chi connectivity index (χ4n) is 0.907. The smallest absolute Gasteiger partial charge is 0.309 e. The van der Waals surface area contributed by atoms with E-state index in [1.54, 1.807) is 0 Å². The Morgan fingerprint density at radius 3 is 2.71 bits per heavy atom. The lowest BCUT2D eigenvalue weighted by Gasteiger charge is -2.04. The van der Waals surface area contributed by atoms with Crippen LogP contribution in [0.15, 0.2) is 16.6 Å². The molecule has 0 saturated carbocycles. The summed E-state index contributed by atoms with van der Waals surface area (Å²) >= 11 is 2.91. The Kier molecular flexibility index (Phi) is 3.51. The lowest BCUT2D eigenvalue weighted by molar-refractivity contribution is -0.136. The molecule has 1 heterocycles. The summed E-state index contributed by atoms with van der Waals surface area (Å²) in [5.41, 5.74) is -0.306. The Labute approximate surface area is 86.9 Å². The largest absolute Gasteiger partial charge is 0.481 e. The normalized spacial score (nSPS) is 10.6. The number of aromatic nitrogens is 1. The van der Waals surface area contributed by atoms with Crippen LogP contribution in [-0.4, -0.2) is 16.1 Å². The molecule has 1 N–H and O–H groups in total. The maximum absolute atomic E-state index is 12.3. The Morgan fingerprint density at radius 1 is 1.57 bits per heavy atom. The van der Waals surface area contributed by atoms with Gasteiger partial charge >= 0.3 is 5.97 Å². The van der Waals surface area contributed by atoms with Crippen molar-refractivity contribution in [3.8, 4) is 0 Å². The second kappa shape index (κ2) is 4.45. The molecule has 76 valence electrons. The number of carboxylic acids is 1. The minimum atomic E-state index is -2.71. The maximum Gasteiger partial charge on any atom is 0.309 e. The minimum Gasteiger partial charge on any atom is -0.481 e. The zero-order valence-electron chi connectivity index (χ0n) is 6.88. The van der Waals surface area contributed by atoms with Crippen molar-refractivity contribution in [3.05, 3.63) is 28.0 Å². The van der Waals surface area contributed by atoms with Crippen LogP contribution in [0.25, 0.3) is 0 Å². The average Bonchev–Trinajstić information content (AvgIpc) is 2.07. The second-order valence-corrected chi connectivity index (χ2v) is 3.40. The van der Waals surface area contributed by atoms with Crippen molar-refractivity contribution >= 4 is 21.9 Å². The summed E-state index contributed by atoms with van der Waals surface area (Å²) in [5, 5.41) is 8.43. The van der Waals surface area contributed by atoms with Gasteiger partial charge in [0.1, 0.15) is 5.69 Å². The van der Waals surface area contributed by atoms with Gasteiger partial charge in [-0.1, -0.05) is 0 Å². The molecular formula is C8H6BrF2NO2. The summed E-state index contributed by atoms with van der Waals surface area (Å²) in [6.45, 7) is 0. The number of nitrogens with zero attached hydrogens (tertiary/aromatic N) is 1. The predicted molar refractivity (Wildman–Crippen MR) is 48.2 cm³/mol. The summed E-state index contributed by atoms with van der Waals surface area (Å²) in [4.78, 5) is 13.8. The van der Waals surface area contributed by atoms with Crippen LogP contribution in [0, 0.1) is 0 Å². The van der Waals surface area contributed by atoms with Gasteiger partial charge in [0, 0.05) is 4.47 Å². The van der Waals surface area contributed by atoms with Gasteiger partial charge in [0.25, 0.3) is 6.43 Å². The Hall–Kier alpha value is -1.04. The quantitative estimate of drug-likeness (QED) is 0.913. The van der Waals surface area contributed by atoms with Crippen molar-refractivity contribution in [3.63, 3.8) is 0 Å². The Bertz CT molecular complexity index is 357. The van der Waals surface area contributed by atoms with Gasteiger partial charge in [-0.05, 0) is 28.1 Å². The standard InChI is InChI=1S/C8H6BrF2NO2/c9-5-2-1-4(3-6(13)14)12-7(5)8(10)11/h1-2,8H,3H2,(H,13,14). The number of rotatable bonds is 3. The topological polar surface area (TPSA) is 50.2 Å². The number of carboxylic acid groups (broad SMARTS) is 1. The molecule has 0 aliphatic rings. The third-order valence-electron chi connectivity index (χ3n) is 1.47. The van der Waals surface area contributed by atoms with Gasteiger partial charge in [-0.2, -0.15) is 0 Å². The highest BCUT2D eigenvalue weighted by molar-refractivity contribution is 9.10. The zero-order chi connectivity index (χ0) is 10.7. The van der Waals surface area contributed by atoms with Crippen LogP contribution in [0.3, 0.4) is 0 Å². The summed E-state index contributed by atoms with van der Waals surface area (Å²) < 4.78 is 24.8. The van der Waals surface area contributed by atoms with Crippen molar-refractivity contribution in [2.75, 3.05) is 0 Å². The van der Waals surface area contributed by atoms with Crippen molar-refractivity contribution in [2.45, 2.75) is 12.8 Å². The fourth-order valence-corrected chi connectivity index (χ4v) is 1.30.